The number of hydrogen-bond acceptors (Lipinski definition) is 3. The summed E-state index contributed by atoms with van der Waals surface area (Å²) in [6, 6.07) is 3.78. The Hall–Kier alpha value is -1.42. The number of esters is 1. The first kappa shape index (κ1) is 18.4. The fourth-order valence-electron chi connectivity index (χ4n) is 3.91. The minimum Gasteiger partial charge on any atom is -0.423 e. The molecular weight excluding hydrogens is 319 g/mol. The molecule has 0 spiro atoms. The zero-order valence-corrected chi connectivity index (χ0v) is 15.4. The molecule has 3 nitrogen and oxygen atoms in total. The van der Waals surface area contributed by atoms with Crippen LogP contribution in [0.5, 0.6) is 5.75 Å². The summed E-state index contributed by atoms with van der Waals surface area (Å²) in [6.07, 6.45) is 7.32. The number of halogens is 1. The van der Waals surface area contributed by atoms with Crippen molar-refractivity contribution in [1.82, 2.24) is 0 Å². The Morgan fingerprint density at radius 2 is 2.04 bits per heavy atom. The summed E-state index contributed by atoms with van der Waals surface area (Å²) in [5.41, 5.74) is 1.45. The second-order valence-corrected chi connectivity index (χ2v) is 7.44. The van der Waals surface area contributed by atoms with Crippen molar-refractivity contribution in [2.24, 2.45) is 11.8 Å². The van der Waals surface area contributed by atoms with E-state index in [1.54, 1.807) is 0 Å². The molecule has 3 atom stereocenters. The Labute approximate surface area is 149 Å². The van der Waals surface area contributed by atoms with Crippen LogP contribution in [0.2, 0.25) is 0 Å². The van der Waals surface area contributed by atoms with Gasteiger partial charge in [-0.15, -0.1) is 0 Å². The first-order chi connectivity index (χ1) is 12.1. The molecule has 2 aliphatic heterocycles. The molecule has 0 aliphatic carbocycles. The molecule has 0 radical (unpaired) electrons. The number of rotatable bonds is 6. The van der Waals surface area contributed by atoms with E-state index in [0.717, 1.165) is 44.1 Å². The molecule has 1 saturated heterocycles. The average molecular weight is 348 g/mol. The standard InChI is InChI=1S/C21H29FO3/c1-3-5-6-7-15-9-10-16-12-17(21(23)25-20(16)19(15)22)18-11-8-14(4-2)13-24-18/h9-10,14,17-18H,3-8,11-13H2,1-2H3. The van der Waals surface area contributed by atoms with Gasteiger partial charge in [0.15, 0.2) is 11.6 Å². The summed E-state index contributed by atoms with van der Waals surface area (Å²) in [5.74, 6) is -0.257. The summed E-state index contributed by atoms with van der Waals surface area (Å²) in [7, 11) is 0. The predicted octanol–water partition coefficient (Wildman–Crippen LogP) is 4.84. The third-order valence-corrected chi connectivity index (χ3v) is 5.69. The lowest BCUT2D eigenvalue weighted by atomic mass is 9.85. The molecule has 138 valence electrons. The van der Waals surface area contributed by atoms with Gasteiger partial charge in [0.1, 0.15) is 0 Å². The van der Waals surface area contributed by atoms with Crippen molar-refractivity contribution in [1.29, 1.82) is 0 Å². The SMILES string of the molecule is CCCCCc1ccc2c(c1F)OC(=O)C(C1CCC(CC)CO1)C2. The Morgan fingerprint density at radius 1 is 1.20 bits per heavy atom. The van der Waals surface area contributed by atoms with Gasteiger partial charge in [-0.2, -0.15) is 0 Å². The van der Waals surface area contributed by atoms with E-state index in [2.05, 4.69) is 13.8 Å². The zero-order chi connectivity index (χ0) is 17.8. The largest absolute Gasteiger partial charge is 0.423 e. The predicted molar refractivity (Wildman–Crippen MR) is 95.2 cm³/mol. The molecule has 4 heteroatoms. The maximum atomic E-state index is 14.7. The fraction of sp³-hybridized carbons (Fsp3) is 0.667. The minimum atomic E-state index is -0.351. The molecule has 1 fully saturated rings. The van der Waals surface area contributed by atoms with E-state index in [1.165, 1.54) is 0 Å². The van der Waals surface area contributed by atoms with Crippen LogP contribution in [0.25, 0.3) is 0 Å². The van der Waals surface area contributed by atoms with E-state index in [9.17, 15) is 9.18 Å². The number of ether oxygens (including phenoxy) is 2. The Balaban J connectivity index is 1.70. The van der Waals surface area contributed by atoms with E-state index in [-0.39, 0.29) is 29.6 Å². The van der Waals surface area contributed by atoms with Crippen LogP contribution in [0.3, 0.4) is 0 Å². The molecule has 25 heavy (non-hydrogen) atoms. The van der Waals surface area contributed by atoms with Crippen LogP contribution in [0.4, 0.5) is 4.39 Å². The lowest BCUT2D eigenvalue weighted by Crippen LogP contribution is -2.41. The van der Waals surface area contributed by atoms with Crippen LogP contribution in [0.15, 0.2) is 12.1 Å². The fourth-order valence-corrected chi connectivity index (χ4v) is 3.91. The van der Waals surface area contributed by atoms with Crippen LogP contribution in [-0.4, -0.2) is 18.7 Å². The zero-order valence-electron chi connectivity index (χ0n) is 15.4. The average Bonchev–Trinajstić information content (AvgIpc) is 2.64. The van der Waals surface area contributed by atoms with Crippen LogP contribution < -0.4 is 4.74 Å². The van der Waals surface area contributed by atoms with Gasteiger partial charge in [0, 0.05) is 6.61 Å². The highest BCUT2D eigenvalue weighted by atomic mass is 19.1. The summed E-state index contributed by atoms with van der Waals surface area (Å²) < 4.78 is 26.1. The van der Waals surface area contributed by atoms with Gasteiger partial charge in [-0.3, -0.25) is 4.79 Å². The molecule has 1 aromatic carbocycles. The van der Waals surface area contributed by atoms with Crippen LogP contribution in [-0.2, 0) is 22.4 Å². The molecule has 0 N–H and O–H groups in total. The second kappa shape index (κ2) is 8.31. The number of unbranched alkanes of at least 4 members (excludes halogenated alkanes) is 2. The van der Waals surface area contributed by atoms with Gasteiger partial charge in [-0.05, 0) is 49.1 Å². The van der Waals surface area contributed by atoms with Crippen molar-refractivity contribution in [2.75, 3.05) is 6.61 Å². The van der Waals surface area contributed by atoms with E-state index in [0.29, 0.717) is 30.9 Å². The molecule has 2 aliphatic rings. The van der Waals surface area contributed by atoms with Gasteiger partial charge in [0.05, 0.1) is 12.0 Å². The molecule has 3 unspecified atom stereocenters. The number of carbonyl (C=O) groups is 1. The number of benzene rings is 1. The van der Waals surface area contributed by atoms with Crippen molar-refractivity contribution in [3.05, 3.63) is 29.1 Å². The third kappa shape index (κ3) is 4.05. The Bertz CT molecular complexity index is 605. The van der Waals surface area contributed by atoms with Crippen molar-refractivity contribution in [3.63, 3.8) is 0 Å². The summed E-state index contributed by atoms with van der Waals surface area (Å²) >= 11 is 0. The van der Waals surface area contributed by atoms with Gasteiger partial charge in [-0.1, -0.05) is 45.2 Å². The first-order valence-corrected chi connectivity index (χ1v) is 9.77. The lowest BCUT2D eigenvalue weighted by Gasteiger charge is -2.35. The first-order valence-electron chi connectivity index (χ1n) is 9.77. The van der Waals surface area contributed by atoms with E-state index in [4.69, 9.17) is 9.47 Å². The van der Waals surface area contributed by atoms with Gasteiger partial charge < -0.3 is 9.47 Å². The summed E-state index contributed by atoms with van der Waals surface area (Å²) in [5, 5.41) is 0. The van der Waals surface area contributed by atoms with Gasteiger partial charge in [-0.25, -0.2) is 4.39 Å². The Morgan fingerprint density at radius 3 is 2.72 bits per heavy atom. The van der Waals surface area contributed by atoms with Crippen molar-refractivity contribution < 1.29 is 18.7 Å². The maximum Gasteiger partial charge on any atom is 0.317 e. The molecule has 3 rings (SSSR count). The highest BCUT2D eigenvalue weighted by Gasteiger charge is 2.38. The Kier molecular flexibility index (Phi) is 6.10. The van der Waals surface area contributed by atoms with Crippen LogP contribution in [0.1, 0.15) is 63.5 Å². The minimum absolute atomic E-state index is 0.101. The molecular formula is C21H29FO3. The monoisotopic (exact) mass is 348 g/mol. The van der Waals surface area contributed by atoms with E-state index in [1.807, 2.05) is 12.1 Å². The molecule has 0 saturated carbocycles. The summed E-state index contributed by atoms with van der Waals surface area (Å²) in [4.78, 5) is 12.5. The number of fused-ring (bicyclic) bond motifs is 1. The highest BCUT2D eigenvalue weighted by Crippen LogP contribution is 2.37. The van der Waals surface area contributed by atoms with Gasteiger partial charge in [0.2, 0.25) is 0 Å². The molecule has 0 bridgehead atoms. The smallest absolute Gasteiger partial charge is 0.317 e. The normalized spacial score (nSPS) is 26.2. The summed E-state index contributed by atoms with van der Waals surface area (Å²) in [6.45, 7) is 5.00. The molecule has 1 aromatic rings. The van der Waals surface area contributed by atoms with Crippen LogP contribution >= 0.6 is 0 Å². The topological polar surface area (TPSA) is 35.5 Å². The van der Waals surface area contributed by atoms with Crippen LogP contribution in [0, 0.1) is 17.7 Å². The maximum absolute atomic E-state index is 14.7. The molecule has 0 amide bonds. The number of hydrogen-bond donors (Lipinski definition) is 0. The van der Waals surface area contributed by atoms with Gasteiger partial charge >= 0.3 is 5.97 Å². The van der Waals surface area contributed by atoms with Crippen molar-refractivity contribution in [2.45, 2.75) is 71.3 Å². The molecule has 0 aromatic heterocycles. The van der Waals surface area contributed by atoms with Crippen molar-refractivity contribution in [3.8, 4) is 5.75 Å². The number of carbonyl (C=O) groups excluding carboxylic acids is 1. The highest BCUT2D eigenvalue weighted by molar-refractivity contribution is 5.79. The van der Waals surface area contributed by atoms with E-state index >= 15 is 0 Å². The second-order valence-electron chi connectivity index (χ2n) is 7.44. The number of aryl methyl sites for hydroxylation is 1. The van der Waals surface area contributed by atoms with Gasteiger partial charge in [0.25, 0.3) is 0 Å². The third-order valence-electron chi connectivity index (χ3n) is 5.69. The lowest BCUT2D eigenvalue weighted by molar-refractivity contribution is -0.149. The van der Waals surface area contributed by atoms with Crippen molar-refractivity contribution >= 4 is 5.97 Å². The van der Waals surface area contributed by atoms with E-state index < -0.39 is 0 Å². The molecule has 2 heterocycles. The quantitative estimate of drug-likeness (QED) is 0.419.